The average molecular weight is 710 g/mol. The molecule has 5 rings (SSSR count). The molecule has 0 spiro atoms. The van der Waals surface area contributed by atoms with Crippen LogP contribution in [0.4, 0.5) is 0 Å². The maximum Gasteiger partial charge on any atom is 0.286 e. The molecule has 4 aromatic rings. The lowest BCUT2D eigenvalue weighted by Crippen LogP contribution is -2.50. The van der Waals surface area contributed by atoms with Crippen LogP contribution in [-0.4, -0.2) is 38.7 Å². The van der Waals surface area contributed by atoms with E-state index in [1.54, 1.807) is 0 Å². The number of benzene rings is 4. The molecule has 0 aromatic heterocycles. The summed E-state index contributed by atoms with van der Waals surface area (Å²) >= 11 is 0. The summed E-state index contributed by atoms with van der Waals surface area (Å²) in [6, 6.07) is 23.6. The van der Waals surface area contributed by atoms with Gasteiger partial charge in [-0.1, -0.05) is 144 Å². The number of imide groups is 1. The van der Waals surface area contributed by atoms with E-state index in [-0.39, 0.29) is 16.2 Å². The predicted molar refractivity (Wildman–Crippen MR) is 210 cm³/mol. The van der Waals surface area contributed by atoms with E-state index in [1.165, 1.54) is 0 Å². The van der Waals surface area contributed by atoms with Crippen LogP contribution >= 0.6 is 0 Å². The zero-order chi connectivity index (χ0) is 36.9. The minimum absolute atomic E-state index is 0.183. The van der Waals surface area contributed by atoms with Crippen LogP contribution in [0.25, 0.3) is 33.0 Å². The van der Waals surface area contributed by atoms with E-state index in [0.29, 0.717) is 55.9 Å². The molecule has 8 heteroatoms. The van der Waals surface area contributed by atoms with E-state index >= 15 is 0 Å². The third-order valence-electron chi connectivity index (χ3n) is 11.3. The number of carbonyl (C=O) groups excluding carboxylic acids is 2. The number of hydrogen-bond acceptors (Lipinski definition) is 5. The summed E-state index contributed by atoms with van der Waals surface area (Å²) in [5, 5.41) is 12.9. The van der Waals surface area contributed by atoms with E-state index in [4.69, 9.17) is 8.85 Å². The third-order valence-corrected chi connectivity index (χ3v) is 23.3. The van der Waals surface area contributed by atoms with Crippen LogP contribution < -0.4 is 8.85 Å². The van der Waals surface area contributed by atoms with Crippen molar-refractivity contribution in [1.29, 1.82) is 0 Å². The number of rotatable bonds is 12. The fraction of sp³-hybridized carbons (Fsp3) is 0.429. The Morgan fingerprint density at radius 3 is 1.04 bits per heavy atom. The van der Waals surface area contributed by atoms with E-state index < -0.39 is 28.4 Å². The molecular weight excluding hydrogens is 655 g/mol. The number of fused-ring (bicyclic) bond motifs is 2. The van der Waals surface area contributed by atoms with Gasteiger partial charge in [0.15, 0.2) is 0 Å². The maximum atomic E-state index is 14.1. The molecule has 0 radical (unpaired) electrons. The highest BCUT2D eigenvalue weighted by Gasteiger charge is 2.49. The lowest BCUT2D eigenvalue weighted by atomic mass is 9.84. The Labute approximate surface area is 301 Å². The lowest BCUT2D eigenvalue weighted by Gasteiger charge is -2.43. The monoisotopic (exact) mass is 709 g/mol. The number of carbonyl (C=O) groups is 2. The first-order valence-electron chi connectivity index (χ1n) is 18.3. The molecule has 0 saturated carbocycles. The molecule has 0 aliphatic carbocycles. The minimum Gasteiger partial charge on any atom is -0.542 e. The fourth-order valence-corrected chi connectivity index (χ4v) is 19.9. The number of para-hydroxylation sites is 2. The standard InChI is InChI=1S/C42H55NO5Si2/c1-25(2)49(26(3)4,27(5)6)47-35-23-17-15-21-33(35)37-31-19-13-14-20-32(31)38(40-39(37)41(44)43(46)42(40)45)34-22-16-18-24-36(34)48-50(28(7)8,29(9)10)30(11)12/h13-30,46H,1-12H3. The molecule has 50 heavy (non-hydrogen) atoms. The summed E-state index contributed by atoms with van der Waals surface area (Å²) in [6.45, 7) is 27.0. The first-order valence-corrected chi connectivity index (χ1v) is 22.5. The molecule has 1 aliphatic heterocycles. The van der Waals surface area contributed by atoms with Gasteiger partial charge in [0.1, 0.15) is 11.5 Å². The first-order chi connectivity index (χ1) is 23.5. The van der Waals surface area contributed by atoms with Crippen LogP contribution in [0.15, 0.2) is 72.8 Å². The van der Waals surface area contributed by atoms with Crippen LogP contribution in [0.3, 0.4) is 0 Å². The van der Waals surface area contributed by atoms with Crippen molar-refractivity contribution in [1.82, 2.24) is 5.06 Å². The molecule has 4 aromatic carbocycles. The highest BCUT2D eigenvalue weighted by molar-refractivity contribution is 6.78. The van der Waals surface area contributed by atoms with Gasteiger partial charge in [-0.15, -0.1) is 5.06 Å². The molecule has 0 saturated heterocycles. The second-order valence-electron chi connectivity index (χ2n) is 15.8. The maximum absolute atomic E-state index is 14.1. The van der Waals surface area contributed by atoms with Gasteiger partial charge in [-0.25, -0.2) is 0 Å². The van der Waals surface area contributed by atoms with Gasteiger partial charge in [0, 0.05) is 22.3 Å². The molecule has 0 atom stereocenters. The molecule has 1 N–H and O–H groups in total. The van der Waals surface area contributed by atoms with Crippen molar-refractivity contribution >= 4 is 39.2 Å². The van der Waals surface area contributed by atoms with Gasteiger partial charge in [-0.05, 0) is 56.2 Å². The Kier molecular flexibility index (Phi) is 10.6. The van der Waals surface area contributed by atoms with Crippen LogP contribution in [0, 0.1) is 0 Å². The largest absolute Gasteiger partial charge is 0.542 e. The summed E-state index contributed by atoms with van der Waals surface area (Å²) in [5.41, 5.74) is 4.98. The normalized spacial score (nSPS) is 14.0. The number of nitrogens with zero attached hydrogens (tertiary/aromatic N) is 1. The highest BCUT2D eigenvalue weighted by Crippen LogP contribution is 2.52. The van der Waals surface area contributed by atoms with Crippen molar-refractivity contribution in [2.45, 2.75) is 116 Å². The van der Waals surface area contributed by atoms with Crippen molar-refractivity contribution in [2.75, 3.05) is 0 Å². The van der Waals surface area contributed by atoms with E-state index in [2.05, 4.69) is 83.1 Å². The van der Waals surface area contributed by atoms with Crippen LogP contribution in [0.2, 0.25) is 33.2 Å². The van der Waals surface area contributed by atoms with Gasteiger partial charge in [-0.3, -0.25) is 14.8 Å². The predicted octanol–water partition coefficient (Wildman–Crippen LogP) is 12.3. The van der Waals surface area contributed by atoms with Crippen LogP contribution in [-0.2, 0) is 0 Å². The second kappa shape index (κ2) is 14.1. The third kappa shape index (κ3) is 5.83. The van der Waals surface area contributed by atoms with Crippen molar-refractivity contribution in [3.8, 4) is 33.8 Å². The zero-order valence-electron chi connectivity index (χ0n) is 31.9. The van der Waals surface area contributed by atoms with Gasteiger partial charge in [0.25, 0.3) is 28.4 Å². The molecule has 0 fully saturated rings. The molecule has 1 aliphatic rings. The van der Waals surface area contributed by atoms with Gasteiger partial charge in [-0.2, -0.15) is 0 Å². The van der Waals surface area contributed by atoms with Crippen LogP contribution in [0.1, 0.15) is 104 Å². The zero-order valence-corrected chi connectivity index (χ0v) is 33.9. The molecular formula is C42H55NO5Si2. The SMILES string of the molecule is CC(C)[Si](Oc1ccccc1-c1c2c(c(-c3ccccc3O[Si](C(C)C)(C(C)C)C(C)C)c3ccccc13)C(=O)N(O)C2=O)(C(C)C)C(C)C. The van der Waals surface area contributed by atoms with Gasteiger partial charge in [0.2, 0.25) is 0 Å². The van der Waals surface area contributed by atoms with Gasteiger partial charge >= 0.3 is 0 Å². The Hall–Kier alpha value is -3.73. The van der Waals surface area contributed by atoms with E-state index in [0.717, 1.165) is 21.9 Å². The summed E-state index contributed by atoms with van der Waals surface area (Å²) in [5.74, 6) is -0.0965. The summed E-state index contributed by atoms with van der Waals surface area (Å²) < 4.78 is 14.6. The topological polar surface area (TPSA) is 76.1 Å². The Balaban J connectivity index is 1.88. The van der Waals surface area contributed by atoms with Crippen molar-refractivity contribution in [2.24, 2.45) is 0 Å². The summed E-state index contributed by atoms with van der Waals surface area (Å²) in [7, 11) is -4.83. The summed E-state index contributed by atoms with van der Waals surface area (Å²) in [4.78, 5) is 28.3. The lowest BCUT2D eigenvalue weighted by molar-refractivity contribution is -0.0326. The number of hydroxylamine groups is 2. The molecule has 6 nitrogen and oxygen atoms in total. The average Bonchev–Trinajstić information content (AvgIpc) is 3.28. The van der Waals surface area contributed by atoms with Crippen molar-refractivity contribution in [3.05, 3.63) is 83.9 Å². The highest BCUT2D eigenvalue weighted by atomic mass is 28.4. The molecule has 0 unspecified atom stereocenters. The Bertz CT molecular complexity index is 1730. The van der Waals surface area contributed by atoms with E-state index in [1.807, 2.05) is 72.8 Å². The van der Waals surface area contributed by atoms with Gasteiger partial charge < -0.3 is 8.85 Å². The molecule has 2 amide bonds. The smallest absolute Gasteiger partial charge is 0.286 e. The van der Waals surface area contributed by atoms with Crippen molar-refractivity contribution < 1.29 is 23.6 Å². The van der Waals surface area contributed by atoms with Crippen molar-refractivity contribution in [3.63, 3.8) is 0 Å². The van der Waals surface area contributed by atoms with E-state index in [9.17, 15) is 14.8 Å². The first kappa shape index (κ1) is 37.5. The van der Waals surface area contributed by atoms with Crippen LogP contribution in [0.5, 0.6) is 11.5 Å². The number of hydrogen-bond donors (Lipinski definition) is 1. The Morgan fingerprint density at radius 2 is 0.740 bits per heavy atom. The molecule has 266 valence electrons. The second-order valence-corrected chi connectivity index (χ2v) is 26.6. The quantitative estimate of drug-likeness (QED) is 0.0900. The number of amides is 2. The Morgan fingerprint density at radius 1 is 0.460 bits per heavy atom. The molecule has 1 heterocycles. The minimum atomic E-state index is -2.42. The fourth-order valence-electron chi connectivity index (χ4n) is 9.34. The van der Waals surface area contributed by atoms with Gasteiger partial charge in [0.05, 0.1) is 11.1 Å². The summed E-state index contributed by atoms with van der Waals surface area (Å²) in [6.07, 6.45) is 0. The molecule has 0 bridgehead atoms.